The third-order valence-corrected chi connectivity index (χ3v) is 6.42. The Morgan fingerprint density at radius 2 is 2.25 bits per heavy atom. The minimum Gasteiger partial charge on any atom is -0.331 e. The van der Waals surface area contributed by atoms with Crippen molar-refractivity contribution in [2.45, 2.75) is 25.4 Å². The molecule has 0 unspecified atom stereocenters. The molecule has 6 heteroatoms. The van der Waals surface area contributed by atoms with Gasteiger partial charge in [0, 0.05) is 29.5 Å². The molecule has 1 saturated carbocycles. The first-order valence-corrected chi connectivity index (χ1v) is 8.70. The number of thiophene rings is 1. The molecule has 20 heavy (non-hydrogen) atoms. The summed E-state index contributed by atoms with van der Waals surface area (Å²) in [6.07, 6.45) is 5.77. The first kappa shape index (κ1) is 14.2. The summed E-state index contributed by atoms with van der Waals surface area (Å²) in [5, 5.41) is 0. The minimum absolute atomic E-state index is 0.104. The molecule has 0 N–H and O–H groups in total. The van der Waals surface area contributed by atoms with Gasteiger partial charge in [0.15, 0.2) is 0 Å². The van der Waals surface area contributed by atoms with Crippen LogP contribution in [-0.4, -0.2) is 21.8 Å². The Kier molecular flexibility index (Phi) is 4.23. The molecule has 0 bridgehead atoms. The monoisotopic (exact) mass is 414 g/mol. The topological polar surface area (TPSA) is 33.2 Å². The van der Waals surface area contributed by atoms with E-state index in [1.165, 1.54) is 11.3 Å². The maximum absolute atomic E-state index is 12.7. The molecule has 1 amide bonds. The van der Waals surface area contributed by atoms with E-state index in [4.69, 9.17) is 0 Å². The highest BCUT2D eigenvalue weighted by atomic mass is 79.9. The van der Waals surface area contributed by atoms with E-state index in [0.29, 0.717) is 12.6 Å². The lowest BCUT2D eigenvalue weighted by Crippen LogP contribution is -2.32. The number of carbonyl (C=O) groups excluding carboxylic acids is 1. The van der Waals surface area contributed by atoms with Gasteiger partial charge in [-0.25, -0.2) is 0 Å². The van der Waals surface area contributed by atoms with Gasteiger partial charge >= 0.3 is 0 Å². The third kappa shape index (κ3) is 3.13. The molecule has 0 radical (unpaired) electrons. The van der Waals surface area contributed by atoms with Gasteiger partial charge in [0.2, 0.25) is 0 Å². The number of carbonyl (C=O) groups is 1. The first-order chi connectivity index (χ1) is 9.65. The number of amides is 1. The van der Waals surface area contributed by atoms with Crippen molar-refractivity contribution in [1.82, 2.24) is 9.88 Å². The molecule has 0 spiro atoms. The maximum Gasteiger partial charge on any atom is 0.264 e. The molecule has 3 rings (SSSR count). The van der Waals surface area contributed by atoms with Crippen molar-refractivity contribution in [3.05, 3.63) is 49.3 Å². The summed E-state index contributed by atoms with van der Waals surface area (Å²) in [7, 11) is 0. The molecule has 3 nitrogen and oxygen atoms in total. The Labute approximate surface area is 138 Å². The van der Waals surface area contributed by atoms with Gasteiger partial charge in [-0.2, -0.15) is 0 Å². The second-order valence-electron chi connectivity index (χ2n) is 4.76. The molecular formula is C14H12Br2N2OS. The Morgan fingerprint density at radius 1 is 1.45 bits per heavy atom. The number of aromatic nitrogens is 1. The largest absolute Gasteiger partial charge is 0.331 e. The number of hydrogen-bond donors (Lipinski definition) is 0. The zero-order valence-corrected chi connectivity index (χ0v) is 14.5. The van der Waals surface area contributed by atoms with Gasteiger partial charge in [-0.1, -0.05) is 6.07 Å². The average Bonchev–Trinajstić information content (AvgIpc) is 3.23. The predicted octanol–water partition coefficient (Wildman–Crippen LogP) is 4.47. The van der Waals surface area contributed by atoms with Crippen LogP contribution in [0.4, 0.5) is 0 Å². The molecule has 2 aromatic heterocycles. The van der Waals surface area contributed by atoms with Crippen LogP contribution in [0.3, 0.4) is 0 Å². The fraction of sp³-hybridized carbons (Fsp3) is 0.286. The van der Waals surface area contributed by atoms with Crippen LogP contribution in [0.25, 0.3) is 0 Å². The number of pyridine rings is 1. The van der Waals surface area contributed by atoms with Crippen molar-refractivity contribution in [2.75, 3.05) is 0 Å². The van der Waals surface area contributed by atoms with Gasteiger partial charge in [0.05, 0.1) is 8.66 Å². The zero-order chi connectivity index (χ0) is 14.1. The summed E-state index contributed by atoms with van der Waals surface area (Å²) >= 11 is 8.35. The van der Waals surface area contributed by atoms with E-state index in [1.54, 1.807) is 6.20 Å². The summed E-state index contributed by atoms with van der Waals surface area (Å²) in [6.45, 7) is 0.629. The van der Waals surface area contributed by atoms with Gasteiger partial charge in [-0.05, 0) is 62.4 Å². The molecule has 1 fully saturated rings. The van der Waals surface area contributed by atoms with Gasteiger partial charge in [0.1, 0.15) is 0 Å². The van der Waals surface area contributed by atoms with Crippen molar-refractivity contribution in [3.8, 4) is 0 Å². The maximum atomic E-state index is 12.7. The lowest BCUT2D eigenvalue weighted by molar-refractivity contribution is 0.0734. The molecule has 1 aliphatic carbocycles. The third-order valence-electron chi connectivity index (χ3n) is 3.18. The normalized spacial score (nSPS) is 14.3. The molecule has 2 heterocycles. The second-order valence-corrected chi connectivity index (χ2v) is 7.98. The molecule has 104 valence electrons. The summed E-state index contributed by atoms with van der Waals surface area (Å²) in [5.41, 5.74) is 1.07. The van der Waals surface area contributed by atoms with E-state index in [2.05, 4.69) is 36.8 Å². The molecular weight excluding hydrogens is 404 g/mol. The van der Waals surface area contributed by atoms with Crippen molar-refractivity contribution in [3.63, 3.8) is 0 Å². The van der Waals surface area contributed by atoms with Crippen molar-refractivity contribution >= 4 is 49.1 Å². The Balaban J connectivity index is 1.82. The van der Waals surface area contributed by atoms with Crippen molar-refractivity contribution in [1.29, 1.82) is 0 Å². The molecule has 0 atom stereocenters. The van der Waals surface area contributed by atoms with Crippen LogP contribution < -0.4 is 0 Å². The van der Waals surface area contributed by atoms with E-state index in [1.807, 2.05) is 29.3 Å². The minimum atomic E-state index is 0.104. The van der Waals surface area contributed by atoms with Crippen LogP contribution in [0.15, 0.2) is 38.9 Å². The standard InChI is InChI=1S/C14H12Br2N2OS/c15-11-6-12(20-13(11)16)14(19)18(10-3-4-10)8-9-2-1-5-17-7-9/h1-2,5-7,10H,3-4,8H2. The fourth-order valence-corrected chi connectivity index (χ4v) is 4.03. The second kappa shape index (κ2) is 5.95. The van der Waals surface area contributed by atoms with Gasteiger partial charge in [0.25, 0.3) is 5.91 Å². The molecule has 0 saturated heterocycles. The lowest BCUT2D eigenvalue weighted by atomic mass is 10.2. The average molecular weight is 416 g/mol. The van der Waals surface area contributed by atoms with E-state index in [0.717, 1.165) is 31.5 Å². The van der Waals surface area contributed by atoms with Crippen LogP contribution >= 0.6 is 43.2 Å². The van der Waals surface area contributed by atoms with Crippen molar-refractivity contribution < 1.29 is 4.79 Å². The van der Waals surface area contributed by atoms with E-state index in [9.17, 15) is 4.79 Å². The number of rotatable bonds is 4. The highest BCUT2D eigenvalue weighted by molar-refractivity contribution is 9.13. The summed E-state index contributed by atoms with van der Waals surface area (Å²) in [6, 6.07) is 6.18. The van der Waals surface area contributed by atoms with E-state index in [-0.39, 0.29) is 5.91 Å². The quantitative estimate of drug-likeness (QED) is 0.737. The Morgan fingerprint density at radius 3 is 2.80 bits per heavy atom. The van der Waals surface area contributed by atoms with Crippen LogP contribution in [0.2, 0.25) is 0 Å². The van der Waals surface area contributed by atoms with E-state index < -0.39 is 0 Å². The van der Waals surface area contributed by atoms with Crippen LogP contribution in [0, 0.1) is 0 Å². The molecule has 0 aliphatic heterocycles. The van der Waals surface area contributed by atoms with Gasteiger partial charge in [-0.15, -0.1) is 11.3 Å². The van der Waals surface area contributed by atoms with Gasteiger partial charge < -0.3 is 4.90 Å². The Bertz CT molecular complexity index is 606. The highest BCUT2D eigenvalue weighted by Crippen LogP contribution is 2.36. The Hall–Kier alpha value is -0.720. The summed E-state index contributed by atoms with van der Waals surface area (Å²) in [5.74, 6) is 0.104. The summed E-state index contributed by atoms with van der Waals surface area (Å²) in [4.78, 5) is 19.5. The number of halogens is 2. The van der Waals surface area contributed by atoms with Crippen LogP contribution in [0.1, 0.15) is 28.1 Å². The molecule has 1 aliphatic rings. The van der Waals surface area contributed by atoms with E-state index >= 15 is 0 Å². The van der Waals surface area contributed by atoms with Crippen LogP contribution in [0.5, 0.6) is 0 Å². The zero-order valence-electron chi connectivity index (χ0n) is 10.6. The van der Waals surface area contributed by atoms with Crippen LogP contribution in [-0.2, 0) is 6.54 Å². The fourth-order valence-electron chi connectivity index (χ4n) is 2.03. The lowest BCUT2D eigenvalue weighted by Gasteiger charge is -2.21. The smallest absolute Gasteiger partial charge is 0.264 e. The molecule has 0 aromatic carbocycles. The number of hydrogen-bond acceptors (Lipinski definition) is 3. The predicted molar refractivity (Wildman–Crippen MR) is 86.9 cm³/mol. The number of nitrogens with zero attached hydrogens (tertiary/aromatic N) is 2. The van der Waals surface area contributed by atoms with Crippen molar-refractivity contribution in [2.24, 2.45) is 0 Å². The SMILES string of the molecule is O=C(c1cc(Br)c(Br)s1)N(Cc1cccnc1)C1CC1. The highest BCUT2D eigenvalue weighted by Gasteiger charge is 2.33. The van der Waals surface area contributed by atoms with Gasteiger partial charge in [-0.3, -0.25) is 9.78 Å². The summed E-state index contributed by atoms with van der Waals surface area (Å²) < 4.78 is 1.89. The molecule has 2 aromatic rings. The first-order valence-electron chi connectivity index (χ1n) is 6.30.